The lowest BCUT2D eigenvalue weighted by atomic mass is 10.0. The fraction of sp³-hybridized carbons (Fsp3) is 0.263. The first-order valence-corrected chi connectivity index (χ1v) is 8.75. The van der Waals surface area contributed by atoms with Crippen LogP contribution in [0.4, 0.5) is 0 Å². The number of esters is 1. The molecule has 0 aliphatic heterocycles. The van der Waals surface area contributed by atoms with E-state index in [0.29, 0.717) is 11.6 Å². The molecule has 24 heavy (non-hydrogen) atoms. The zero-order chi connectivity index (χ0) is 17.1. The van der Waals surface area contributed by atoms with Gasteiger partial charge in [-0.05, 0) is 23.6 Å². The molecule has 0 atom stereocenters. The monoisotopic (exact) mass is 340 g/mol. The molecule has 3 aromatic rings. The van der Waals surface area contributed by atoms with Gasteiger partial charge >= 0.3 is 5.97 Å². The van der Waals surface area contributed by atoms with Crippen LogP contribution in [0.1, 0.15) is 41.5 Å². The molecule has 0 bridgehead atoms. The number of benzene rings is 1. The number of nitrogens with zero attached hydrogens (tertiary/aromatic N) is 2. The summed E-state index contributed by atoms with van der Waals surface area (Å²) in [5, 5.41) is 2.87. The van der Waals surface area contributed by atoms with E-state index in [1.807, 2.05) is 24.7 Å². The Hall–Kier alpha value is -2.40. The third kappa shape index (κ3) is 3.57. The first-order valence-electron chi connectivity index (χ1n) is 7.88. The third-order valence-electron chi connectivity index (χ3n) is 3.88. The van der Waals surface area contributed by atoms with Gasteiger partial charge in [-0.25, -0.2) is 9.78 Å². The number of carbonyl (C=O) groups is 1. The highest BCUT2D eigenvalue weighted by Crippen LogP contribution is 2.26. The second kappa shape index (κ2) is 7.01. The minimum atomic E-state index is -0.335. The quantitative estimate of drug-likeness (QED) is 0.636. The Morgan fingerprint density at radius 3 is 2.62 bits per heavy atom. The highest BCUT2D eigenvalue weighted by molar-refractivity contribution is 7.13. The lowest BCUT2D eigenvalue weighted by Gasteiger charge is -2.05. The van der Waals surface area contributed by atoms with Gasteiger partial charge in [-0.2, -0.15) is 0 Å². The van der Waals surface area contributed by atoms with E-state index in [1.54, 1.807) is 22.0 Å². The van der Waals surface area contributed by atoms with Gasteiger partial charge in [-0.3, -0.25) is 0 Å². The van der Waals surface area contributed by atoms with Crippen LogP contribution in [0.15, 0.2) is 48.0 Å². The largest absolute Gasteiger partial charge is 0.454 e. The summed E-state index contributed by atoms with van der Waals surface area (Å²) in [5.41, 5.74) is 3.71. The van der Waals surface area contributed by atoms with Crippen LogP contribution < -0.4 is 0 Å². The predicted octanol–water partition coefficient (Wildman–Crippen LogP) is 4.63. The lowest BCUT2D eigenvalue weighted by molar-refractivity contribution is 0.0457. The molecule has 5 heteroatoms. The zero-order valence-electron chi connectivity index (χ0n) is 14.0. The number of carbonyl (C=O) groups excluding carboxylic acids is 1. The van der Waals surface area contributed by atoms with Crippen molar-refractivity contribution in [3.63, 3.8) is 0 Å². The van der Waals surface area contributed by atoms with E-state index in [2.05, 4.69) is 43.1 Å². The van der Waals surface area contributed by atoms with Crippen molar-refractivity contribution in [2.75, 3.05) is 0 Å². The first-order chi connectivity index (χ1) is 11.5. The maximum absolute atomic E-state index is 12.0. The van der Waals surface area contributed by atoms with E-state index in [9.17, 15) is 4.79 Å². The minimum Gasteiger partial charge on any atom is -0.454 e. The van der Waals surface area contributed by atoms with Crippen molar-refractivity contribution in [3.8, 4) is 10.6 Å². The van der Waals surface area contributed by atoms with Gasteiger partial charge < -0.3 is 9.30 Å². The molecule has 2 aromatic heterocycles. The molecule has 0 N–H and O–H groups in total. The van der Waals surface area contributed by atoms with Gasteiger partial charge in [-0.15, -0.1) is 11.3 Å². The number of thiazole rings is 1. The molecule has 0 spiro atoms. The summed E-state index contributed by atoms with van der Waals surface area (Å²) in [6.07, 6.45) is 1.82. The van der Waals surface area contributed by atoms with Crippen LogP contribution in [0.2, 0.25) is 0 Å². The van der Waals surface area contributed by atoms with E-state index in [0.717, 1.165) is 16.3 Å². The molecule has 0 saturated carbocycles. The molecule has 124 valence electrons. The maximum Gasteiger partial charge on any atom is 0.355 e. The number of ether oxygens (including phenoxy) is 1. The Morgan fingerprint density at radius 1 is 1.25 bits per heavy atom. The molecule has 2 heterocycles. The average Bonchev–Trinajstić information content (AvgIpc) is 3.21. The van der Waals surface area contributed by atoms with Crippen LogP contribution in [-0.4, -0.2) is 15.5 Å². The van der Waals surface area contributed by atoms with E-state index in [-0.39, 0.29) is 12.6 Å². The molecule has 0 aliphatic rings. The molecular formula is C19H20N2O2S. The summed E-state index contributed by atoms with van der Waals surface area (Å²) in [6.45, 7) is 4.54. The number of rotatable bonds is 5. The van der Waals surface area contributed by atoms with E-state index in [4.69, 9.17) is 4.74 Å². The number of hydrogen-bond donors (Lipinski definition) is 0. The summed E-state index contributed by atoms with van der Waals surface area (Å²) in [6, 6.07) is 12.0. The summed E-state index contributed by atoms with van der Waals surface area (Å²) < 4.78 is 7.08. The molecule has 0 saturated heterocycles. The summed E-state index contributed by atoms with van der Waals surface area (Å²) in [7, 11) is 1.82. The van der Waals surface area contributed by atoms with Crippen molar-refractivity contribution < 1.29 is 9.53 Å². The van der Waals surface area contributed by atoms with Crippen LogP contribution in [-0.2, 0) is 18.4 Å². The normalized spacial score (nSPS) is 11.0. The molecular weight excluding hydrogens is 320 g/mol. The molecule has 0 unspecified atom stereocenters. The standard InChI is InChI=1S/C19H20N2O2S/c1-13(2)14-6-8-15(9-7-14)18-20-16(12-24-18)11-23-19(22)17-5-4-10-21(17)3/h4-10,12-13H,11H2,1-3H3. The zero-order valence-corrected chi connectivity index (χ0v) is 14.8. The molecule has 0 radical (unpaired) electrons. The van der Waals surface area contributed by atoms with Gasteiger partial charge in [0, 0.05) is 24.2 Å². The maximum atomic E-state index is 12.0. The fourth-order valence-corrected chi connectivity index (χ4v) is 3.21. The van der Waals surface area contributed by atoms with Gasteiger partial charge in [0.25, 0.3) is 0 Å². The number of aromatic nitrogens is 2. The first kappa shape index (κ1) is 16.5. The van der Waals surface area contributed by atoms with Crippen molar-refractivity contribution in [1.29, 1.82) is 0 Å². The molecule has 4 nitrogen and oxygen atoms in total. The number of aryl methyl sites for hydroxylation is 1. The van der Waals surface area contributed by atoms with Gasteiger partial charge in [0.1, 0.15) is 17.3 Å². The molecule has 1 aromatic carbocycles. The van der Waals surface area contributed by atoms with Gasteiger partial charge in [0.2, 0.25) is 0 Å². The fourth-order valence-electron chi connectivity index (χ4n) is 2.40. The van der Waals surface area contributed by atoms with E-state index < -0.39 is 0 Å². The SMILES string of the molecule is CC(C)c1ccc(-c2nc(COC(=O)c3cccn3C)cs2)cc1. The van der Waals surface area contributed by atoms with Crippen molar-refractivity contribution in [2.24, 2.45) is 7.05 Å². The Morgan fingerprint density at radius 2 is 2.00 bits per heavy atom. The highest BCUT2D eigenvalue weighted by Gasteiger charge is 2.12. The topological polar surface area (TPSA) is 44.1 Å². The minimum absolute atomic E-state index is 0.185. The van der Waals surface area contributed by atoms with E-state index in [1.165, 1.54) is 5.56 Å². The Balaban J connectivity index is 1.65. The van der Waals surface area contributed by atoms with Crippen LogP contribution in [0.5, 0.6) is 0 Å². The van der Waals surface area contributed by atoms with Crippen LogP contribution in [0.3, 0.4) is 0 Å². The Labute approximate surface area is 145 Å². The molecule has 0 aliphatic carbocycles. The average molecular weight is 340 g/mol. The second-order valence-corrected chi connectivity index (χ2v) is 6.86. The number of hydrogen-bond acceptors (Lipinski definition) is 4. The molecule has 0 fully saturated rings. The molecule has 0 amide bonds. The summed E-state index contributed by atoms with van der Waals surface area (Å²) >= 11 is 1.56. The second-order valence-electron chi connectivity index (χ2n) is 6.00. The van der Waals surface area contributed by atoms with Crippen molar-refractivity contribution in [3.05, 3.63) is 64.9 Å². The van der Waals surface area contributed by atoms with Gasteiger partial charge in [0.15, 0.2) is 0 Å². The Bertz CT molecular complexity index is 831. The van der Waals surface area contributed by atoms with E-state index >= 15 is 0 Å². The van der Waals surface area contributed by atoms with Gasteiger partial charge in [-0.1, -0.05) is 38.1 Å². The molecule has 3 rings (SSSR count). The summed E-state index contributed by atoms with van der Waals surface area (Å²) in [5.74, 6) is 0.182. The van der Waals surface area contributed by atoms with Crippen LogP contribution in [0.25, 0.3) is 10.6 Å². The predicted molar refractivity (Wildman–Crippen MR) is 96.2 cm³/mol. The van der Waals surface area contributed by atoms with Crippen molar-refractivity contribution in [1.82, 2.24) is 9.55 Å². The van der Waals surface area contributed by atoms with Gasteiger partial charge in [0.05, 0.1) is 5.69 Å². The van der Waals surface area contributed by atoms with Crippen molar-refractivity contribution >= 4 is 17.3 Å². The summed E-state index contributed by atoms with van der Waals surface area (Å²) in [4.78, 5) is 16.6. The highest BCUT2D eigenvalue weighted by atomic mass is 32.1. The Kier molecular flexibility index (Phi) is 4.81. The van der Waals surface area contributed by atoms with Crippen molar-refractivity contribution in [2.45, 2.75) is 26.4 Å². The third-order valence-corrected chi connectivity index (χ3v) is 4.82. The lowest BCUT2D eigenvalue weighted by Crippen LogP contribution is -2.09. The van der Waals surface area contributed by atoms with Crippen LogP contribution in [0, 0.1) is 0 Å². The van der Waals surface area contributed by atoms with Crippen LogP contribution >= 0.6 is 11.3 Å². The smallest absolute Gasteiger partial charge is 0.355 e.